The minimum atomic E-state index is -0.982. The van der Waals surface area contributed by atoms with Gasteiger partial charge in [0.05, 0.1) is 17.7 Å². The van der Waals surface area contributed by atoms with Crippen molar-refractivity contribution in [3.63, 3.8) is 0 Å². The lowest BCUT2D eigenvalue weighted by Crippen LogP contribution is -2.51. The summed E-state index contributed by atoms with van der Waals surface area (Å²) in [5.74, 6) is -0.674. The summed E-state index contributed by atoms with van der Waals surface area (Å²) in [5, 5.41) is 13.2. The Balaban J connectivity index is 1.51. The average Bonchev–Trinajstić information content (AvgIpc) is 2.76. The lowest BCUT2D eigenvalue weighted by Gasteiger charge is -2.31. The highest BCUT2D eigenvalue weighted by Crippen LogP contribution is 2.20. The molecule has 0 bridgehead atoms. The number of pyridine rings is 1. The maximum Gasteiger partial charge on any atom is 0.252 e. The maximum atomic E-state index is 12.9. The summed E-state index contributed by atoms with van der Waals surface area (Å²) in [7, 11) is 0. The third-order valence-corrected chi connectivity index (χ3v) is 5.12. The number of para-hydroxylation sites is 1. The second-order valence-electron chi connectivity index (χ2n) is 6.86. The molecule has 6 heteroatoms. The molecular formula is C22H21N3O3. The van der Waals surface area contributed by atoms with Crippen LogP contribution in [0.25, 0.3) is 10.9 Å². The zero-order valence-electron chi connectivity index (χ0n) is 15.3. The fourth-order valence-electron chi connectivity index (χ4n) is 3.62. The van der Waals surface area contributed by atoms with Gasteiger partial charge in [-0.2, -0.15) is 0 Å². The van der Waals surface area contributed by atoms with Gasteiger partial charge in [0.25, 0.3) is 5.91 Å². The quantitative estimate of drug-likeness (QED) is 0.730. The molecule has 0 saturated heterocycles. The van der Waals surface area contributed by atoms with Crippen molar-refractivity contribution < 1.29 is 14.7 Å². The van der Waals surface area contributed by atoms with E-state index in [9.17, 15) is 14.7 Å². The molecule has 4 rings (SSSR count). The van der Waals surface area contributed by atoms with Gasteiger partial charge >= 0.3 is 0 Å². The molecule has 6 nitrogen and oxygen atoms in total. The van der Waals surface area contributed by atoms with Crippen molar-refractivity contribution in [2.75, 3.05) is 13.2 Å². The number of benzene rings is 2. The number of carbonyl (C=O) groups excluding carboxylic acids is 2. The van der Waals surface area contributed by atoms with Crippen molar-refractivity contribution in [2.24, 2.45) is 0 Å². The number of carbonyl (C=O) groups is 2. The molecule has 1 aliphatic heterocycles. The van der Waals surface area contributed by atoms with Gasteiger partial charge in [0, 0.05) is 24.7 Å². The minimum absolute atomic E-state index is 0.274. The first kappa shape index (κ1) is 18.1. The van der Waals surface area contributed by atoms with E-state index in [1.807, 2.05) is 42.5 Å². The second-order valence-corrected chi connectivity index (χ2v) is 6.86. The smallest absolute Gasteiger partial charge is 0.252 e. The number of aliphatic hydroxyl groups is 1. The van der Waals surface area contributed by atoms with Crippen molar-refractivity contribution in [3.8, 4) is 0 Å². The summed E-state index contributed by atoms with van der Waals surface area (Å²) >= 11 is 0. The summed E-state index contributed by atoms with van der Waals surface area (Å²) in [6.45, 7) is 0.603. The Kier molecular flexibility index (Phi) is 5.04. The number of fused-ring (bicyclic) bond motifs is 2. The van der Waals surface area contributed by atoms with Gasteiger partial charge in [-0.25, -0.2) is 0 Å². The Morgan fingerprint density at radius 3 is 2.64 bits per heavy atom. The molecule has 0 fully saturated rings. The molecule has 1 unspecified atom stereocenters. The van der Waals surface area contributed by atoms with Gasteiger partial charge in [-0.1, -0.05) is 42.5 Å². The first-order valence-corrected chi connectivity index (χ1v) is 9.28. The predicted octanol–water partition coefficient (Wildman–Crippen LogP) is 1.91. The summed E-state index contributed by atoms with van der Waals surface area (Å²) in [4.78, 5) is 31.6. The van der Waals surface area contributed by atoms with Crippen molar-refractivity contribution in [1.29, 1.82) is 0 Å². The van der Waals surface area contributed by atoms with Crippen LogP contribution >= 0.6 is 0 Å². The molecule has 0 saturated carbocycles. The van der Waals surface area contributed by atoms with Crippen LogP contribution in [0.5, 0.6) is 0 Å². The van der Waals surface area contributed by atoms with Gasteiger partial charge < -0.3 is 15.3 Å². The number of hydrogen-bond donors (Lipinski definition) is 2. The fourth-order valence-corrected chi connectivity index (χ4v) is 3.62. The lowest BCUT2D eigenvalue weighted by atomic mass is 9.99. The number of nitrogens with zero attached hydrogens (tertiary/aromatic N) is 2. The van der Waals surface area contributed by atoms with E-state index in [2.05, 4.69) is 16.4 Å². The van der Waals surface area contributed by atoms with E-state index in [1.54, 1.807) is 17.2 Å². The first-order chi connectivity index (χ1) is 13.7. The maximum absolute atomic E-state index is 12.9. The highest BCUT2D eigenvalue weighted by Gasteiger charge is 2.28. The highest BCUT2D eigenvalue weighted by atomic mass is 16.3. The van der Waals surface area contributed by atoms with E-state index >= 15 is 0 Å². The van der Waals surface area contributed by atoms with Gasteiger partial charge in [-0.15, -0.1) is 0 Å². The van der Waals surface area contributed by atoms with E-state index in [4.69, 9.17) is 0 Å². The Hall–Kier alpha value is -3.25. The van der Waals surface area contributed by atoms with Crippen LogP contribution < -0.4 is 5.32 Å². The zero-order chi connectivity index (χ0) is 19.5. The summed E-state index contributed by atoms with van der Waals surface area (Å²) in [6.07, 6.45) is 2.33. The molecule has 0 spiro atoms. The van der Waals surface area contributed by atoms with E-state index in [-0.39, 0.29) is 5.91 Å². The molecule has 142 valence electrons. The highest BCUT2D eigenvalue weighted by molar-refractivity contribution is 6.07. The minimum Gasteiger partial charge on any atom is -0.394 e. The molecule has 2 N–H and O–H groups in total. The Bertz CT molecular complexity index is 1030. The topological polar surface area (TPSA) is 82.5 Å². The SMILES string of the molecule is O=C(NC(CO)C(=O)N1CCc2ccccc2C1)c1ccnc2ccccc12. The van der Waals surface area contributed by atoms with Crippen LogP contribution in [-0.2, 0) is 17.8 Å². The molecular weight excluding hydrogens is 354 g/mol. The fraction of sp³-hybridized carbons (Fsp3) is 0.227. The lowest BCUT2D eigenvalue weighted by molar-refractivity contribution is -0.135. The van der Waals surface area contributed by atoms with Crippen molar-refractivity contribution in [3.05, 3.63) is 77.5 Å². The Morgan fingerprint density at radius 2 is 1.82 bits per heavy atom. The summed E-state index contributed by atoms with van der Waals surface area (Å²) in [5.41, 5.74) is 3.47. The molecule has 2 amide bonds. The molecule has 28 heavy (non-hydrogen) atoms. The number of nitrogens with one attached hydrogen (secondary N) is 1. The van der Waals surface area contributed by atoms with Crippen molar-refractivity contribution >= 4 is 22.7 Å². The van der Waals surface area contributed by atoms with Crippen molar-refractivity contribution in [2.45, 2.75) is 19.0 Å². The molecule has 1 aliphatic rings. The average molecular weight is 375 g/mol. The number of hydrogen-bond acceptors (Lipinski definition) is 4. The van der Waals surface area contributed by atoms with E-state index in [1.165, 1.54) is 5.56 Å². The van der Waals surface area contributed by atoms with Gasteiger partial charge in [0.15, 0.2) is 0 Å². The molecule has 2 aromatic carbocycles. The van der Waals surface area contributed by atoms with Crippen LogP contribution in [0.4, 0.5) is 0 Å². The van der Waals surface area contributed by atoms with Crippen LogP contribution in [0, 0.1) is 0 Å². The van der Waals surface area contributed by atoms with Gasteiger partial charge in [0.2, 0.25) is 5.91 Å². The largest absolute Gasteiger partial charge is 0.394 e. The van der Waals surface area contributed by atoms with Crippen molar-refractivity contribution in [1.82, 2.24) is 15.2 Å². The second kappa shape index (κ2) is 7.78. The van der Waals surface area contributed by atoms with Crippen LogP contribution in [0.3, 0.4) is 0 Å². The number of rotatable bonds is 4. The number of aromatic nitrogens is 1. The zero-order valence-corrected chi connectivity index (χ0v) is 15.3. The predicted molar refractivity (Wildman–Crippen MR) is 106 cm³/mol. The van der Waals surface area contributed by atoms with Crippen LogP contribution in [0.15, 0.2) is 60.8 Å². The third-order valence-electron chi connectivity index (χ3n) is 5.12. The standard InChI is InChI=1S/C22H21N3O3/c26-14-20(22(28)25-12-10-15-5-1-2-6-16(15)13-25)24-21(27)18-9-11-23-19-8-4-3-7-17(18)19/h1-9,11,20,26H,10,12-14H2,(H,24,27). The number of amides is 2. The Labute approximate surface area is 162 Å². The molecule has 0 aliphatic carbocycles. The first-order valence-electron chi connectivity index (χ1n) is 9.28. The summed E-state index contributed by atoms with van der Waals surface area (Å²) < 4.78 is 0. The summed E-state index contributed by atoms with van der Waals surface area (Å²) in [6, 6.07) is 16.0. The van der Waals surface area contributed by atoms with E-state index < -0.39 is 18.6 Å². The monoisotopic (exact) mass is 375 g/mol. The van der Waals surface area contributed by atoms with Crippen LogP contribution in [0.1, 0.15) is 21.5 Å². The van der Waals surface area contributed by atoms with E-state index in [0.29, 0.717) is 29.6 Å². The van der Waals surface area contributed by atoms with Gasteiger partial charge in [-0.3, -0.25) is 14.6 Å². The molecule has 0 radical (unpaired) electrons. The van der Waals surface area contributed by atoms with Crippen LogP contribution in [-0.4, -0.2) is 46.0 Å². The molecule has 1 aromatic heterocycles. The van der Waals surface area contributed by atoms with Crippen LogP contribution in [0.2, 0.25) is 0 Å². The van der Waals surface area contributed by atoms with E-state index in [0.717, 1.165) is 12.0 Å². The molecule has 3 aromatic rings. The molecule has 2 heterocycles. The number of aliphatic hydroxyl groups excluding tert-OH is 1. The Morgan fingerprint density at radius 1 is 1.07 bits per heavy atom. The normalized spacial score (nSPS) is 14.4. The molecule has 1 atom stereocenters. The van der Waals surface area contributed by atoms with Gasteiger partial charge in [0.1, 0.15) is 6.04 Å². The van der Waals surface area contributed by atoms with Gasteiger partial charge in [-0.05, 0) is 29.7 Å². The third kappa shape index (κ3) is 3.46.